The highest BCUT2D eigenvalue weighted by molar-refractivity contribution is 5.91. The van der Waals surface area contributed by atoms with Gasteiger partial charge in [-0.25, -0.2) is 8.78 Å². The fourth-order valence-electron chi connectivity index (χ4n) is 2.36. The number of rotatable bonds is 7. The lowest BCUT2D eigenvalue weighted by Crippen LogP contribution is -2.14. The topological polar surface area (TPSA) is 56.8 Å². The summed E-state index contributed by atoms with van der Waals surface area (Å²) in [5.74, 6) is -0.749. The summed E-state index contributed by atoms with van der Waals surface area (Å²) in [5, 5.41) is 2.25. The van der Waals surface area contributed by atoms with Crippen molar-refractivity contribution in [1.29, 1.82) is 0 Å². The Hall–Kier alpha value is -2.83. The lowest BCUT2D eigenvalue weighted by Gasteiger charge is -2.14. The van der Waals surface area contributed by atoms with Crippen molar-refractivity contribution in [2.24, 2.45) is 0 Å². The first-order valence-corrected chi connectivity index (χ1v) is 7.53. The third-order valence-corrected chi connectivity index (χ3v) is 3.59. The number of carbonyl (C=O) groups is 1. The van der Waals surface area contributed by atoms with Crippen molar-refractivity contribution in [3.8, 4) is 17.2 Å². The number of para-hydroxylation sites is 1. The summed E-state index contributed by atoms with van der Waals surface area (Å²) in [7, 11) is 4.49. The lowest BCUT2D eigenvalue weighted by atomic mass is 10.1. The van der Waals surface area contributed by atoms with Crippen LogP contribution in [0.4, 0.5) is 14.5 Å². The van der Waals surface area contributed by atoms with Gasteiger partial charge in [-0.1, -0.05) is 6.07 Å². The first kappa shape index (κ1) is 18.5. The number of methoxy groups -OCH3 is 3. The van der Waals surface area contributed by atoms with Gasteiger partial charge in [0.25, 0.3) is 0 Å². The van der Waals surface area contributed by atoms with Gasteiger partial charge < -0.3 is 19.5 Å². The largest absolute Gasteiger partial charge is 0.493 e. The van der Waals surface area contributed by atoms with Crippen LogP contribution in [0, 0.1) is 11.6 Å². The smallest absolute Gasteiger partial charge is 0.224 e. The second-order valence-corrected chi connectivity index (χ2v) is 5.18. The van der Waals surface area contributed by atoms with Crippen LogP contribution in [0.3, 0.4) is 0 Å². The molecular formula is C18H19F2NO4. The minimum atomic E-state index is -0.818. The van der Waals surface area contributed by atoms with E-state index >= 15 is 0 Å². The Morgan fingerprint density at radius 1 is 1.00 bits per heavy atom. The molecule has 2 rings (SSSR count). The van der Waals surface area contributed by atoms with Crippen molar-refractivity contribution in [2.75, 3.05) is 26.6 Å². The molecule has 0 aliphatic carbocycles. The van der Waals surface area contributed by atoms with E-state index in [1.807, 2.05) is 0 Å². The maximum atomic E-state index is 13.6. The zero-order chi connectivity index (χ0) is 18.4. The Balaban J connectivity index is 2.09. The van der Waals surface area contributed by atoms with Gasteiger partial charge in [0.2, 0.25) is 11.7 Å². The standard InChI is InChI=1S/C18H19F2NO4/c1-23-14-9-11(10-15(24-2)18(14)25-3)7-8-16(22)21-17-12(19)5-4-6-13(17)20/h4-6,9-10H,7-8H2,1-3H3,(H,21,22). The second-order valence-electron chi connectivity index (χ2n) is 5.18. The summed E-state index contributed by atoms with van der Waals surface area (Å²) < 4.78 is 42.8. The number of amides is 1. The molecule has 1 N–H and O–H groups in total. The second kappa shape index (κ2) is 8.32. The van der Waals surface area contributed by atoms with Crippen LogP contribution in [0.15, 0.2) is 30.3 Å². The van der Waals surface area contributed by atoms with Crippen LogP contribution in [-0.4, -0.2) is 27.2 Å². The zero-order valence-electron chi connectivity index (χ0n) is 14.2. The Labute approximate surface area is 144 Å². The van der Waals surface area contributed by atoms with E-state index in [2.05, 4.69) is 5.32 Å². The number of anilines is 1. The average molecular weight is 351 g/mol. The lowest BCUT2D eigenvalue weighted by molar-refractivity contribution is -0.116. The molecule has 0 spiro atoms. The SMILES string of the molecule is COc1cc(CCC(=O)Nc2c(F)cccc2F)cc(OC)c1OC. The highest BCUT2D eigenvalue weighted by Crippen LogP contribution is 2.38. The highest BCUT2D eigenvalue weighted by Gasteiger charge is 2.15. The minimum Gasteiger partial charge on any atom is -0.493 e. The van der Waals surface area contributed by atoms with Crippen LogP contribution < -0.4 is 19.5 Å². The van der Waals surface area contributed by atoms with E-state index < -0.39 is 23.2 Å². The van der Waals surface area contributed by atoms with Gasteiger partial charge in [0.05, 0.1) is 21.3 Å². The van der Waals surface area contributed by atoms with Crippen molar-refractivity contribution >= 4 is 11.6 Å². The molecule has 0 bridgehead atoms. The molecule has 7 heteroatoms. The predicted molar refractivity (Wildman–Crippen MR) is 89.4 cm³/mol. The molecule has 0 aromatic heterocycles. The molecule has 1 amide bonds. The van der Waals surface area contributed by atoms with Gasteiger partial charge in [0.15, 0.2) is 11.5 Å². The maximum absolute atomic E-state index is 13.6. The van der Waals surface area contributed by atoms with E-state index in [0.29, 0.717) is 23.7 Å². The average Bonchev–Trinajstić information content (AvgIpc) is 2.62. The number of aryl methyl sites for hydroxylation is 1. The Kier molecular flexibility index (Phi) is 6.16. The van der Waals surface area contributed by atoms with Crippen molar-refractivity contribution in [1.82, 2.24) is 0 Å². The summed E-state index contributed by atoms with van der Waals surface area (Å²) in [6.07, 6.45) is 0.366. The molecule has 0 heterocycles. The van der Waals surface area contributed by atoms with Crippen LogP contribution in [0.5, 0.6) is 17.2 Å². The number of hydrogen-bond donors (Lipinski definition) is 1. The van der Waals surface area contributed by atoms with E-state index in [0.717, 1.165) is 17.7 Å². The molecule has 5 nitrogen and oxygen atoms in total. The van der Waals surface area contributed by atoms with Gasteiger partial charge in [0.1, 0.15) is 17.3 Å². The molecule has 0 saturated carbocycles. The van der Waals surface area contributed by atoms with Crippen molar-refractivity contribution in [3.05, 3.63) is 47.5 Å². The molecule has 0 atom stereocenters. The molecular weight excluding hydrogens is 332 g/mol. The number of halogens is 2. The van der Waals surface area contributed by atoms with Gasteiger partial charge in [0, 0.05) is 6.42 Å². The monoisotopic (exact) mass is 351 g/mol. The van der Waals surface area contributed by atoms with E-state index in [9.17, 15) is 13.6 Å². The Bertz CT molecular complexity index is 719. The van der Waals surface area contributed by atoms with Crippen LogP contribution in [0.1, 0.15) is 12.0 Å². The normalized spacial score (nSPS) is 10.3. The summed E-state index contributed by atoms with van der Waals surface area (Å²) >= 11 is 0. The van der Waals surface area contributed by atoms with Crippen molar-refractivity contribution < 1.29 is 27.8 Å². The molecule has 25 heavy (non-hydrogen) atoms. The first-order chi connectivity index (χ1) is 12.0. The van der Waals surface area contributed by atoms with E-state index in [1.165, 1.54) is 27.4 Å². The summed E-state index contributed by atoms with van der Waals surface area (Å²) in [6, 6.07) is 6.84. The van der Waals surface area contributed by atoms with Gasteiger partial charge in [-0.05, 0) is 36.2 Å². The highest BCUT2D eigenvalue weighted by atomic mass is 19.1. The van der Waals surface area contributed by atoms with Crippen LogP contribution in [0.25, 0.3) is 0 Å². The van der Waals surface area contributed by atoms with Gasteiger partial charge >= 0.3 is 0 Å². The summed E-state index contributed by atoms with van der Waals surface area (Å²) in [4.78, 5) is 12.0. The van der Waals surface area contributed by atoms with Crippen molar-refractivity contribution in [2.45, 2.75) is 12.8 Å². The fraction of sp³-hybridized carbons (Fsp3) is 0.278. The molecule has 0 saturated heterocycles. The zero-order valence-corrected chi connectivity index (χ0v) is 14.2. The van der Waals surface area contributed by atoms with E-state index in [-0.39, 0.29) is 6.42 Å². The summed E-state index contributed by atoms with van der Waals surface area (Å²) in [5.41, 5.74) is 0.316. The number of benzene rings is 2. The molecule has 0 unspecified atom stereocenters. The molecule has 0 fully saturated rings. The molecule has 0 aliphatic heterocycles. The number of nitrogens with one attached hydrogen (secondary N) is 1. The summed E-state index contributed by atoms with van der Waals surface area (Å²) in [6.45, 7) is 0. The maximum Gasteiger partial charge on any atom is 0.224 e. The molecule has 2 aromatic rings. The first-order valence-electron chi connectivity index (χ1n) is 7.53. The fourth-order valence-corrected chi connectivity index (χ4v) is 2.36. The van der Waals surface area contributed by atoms with E-state index in [1.54, 1.807) is 12.1 Å². The predicted octanol–water partition coefficient (Wildman–Crippen LogP) is 3.56. The number of carbonyl (C=O) groups excluding carboxylic acids is 1. The number of ether oxygens (including phenoxy) is 3. The quantitative estimate of drug-likeness (QED) is 0.829. The molecule has 0 radical (unpaired) electrons. The van der Waals surface area contributed by atoms with E-state index in [4.69, 9.17) is 14.2 Å². The minimum absolute atomic E-state index is 0.0341. The van der Waals surface area contributed by atoms with Crippen molar-refractivity contribution in [3.63, 3.8) is 0 Å². The van der Waals surface area contributed by atoms with Crippen LogP contribution in [-0.2, 0) is 11.2 Å². The molecule has 134 valence electrons. The van der Waals surface area contributed by atoms with Gasteiger partial charge in [-0.3, -0.25) is 4.79 Å². The Morgan fingerprint density at radius 2 is 1.56 bits per heavy atom. The van der Waals surface area contributed by atoms with Gasteiger partial charge in [-0.15, -0.1) is 0 Å². The molecule has 0 aliphatic rings. The van der Waals surface area contributed by atoms with Gasteiger partial charge in [-0.2, -0.15) is 0 Å². The van der Waals surface area contributed by atoms with Crippen LogP contribution >= 0.6 is 0 Å². The van der Waals surface area contributed by atoms with Crippen LogP contribution in [0.2, 0.25) is 0 Å². The number of hydrogen-bond acceptors (Lipinski definition) is 4. The third-order valence-electron chi connectivity index (χ3n) is 3.59. The Morgan fingerprint density at radius 3 is 2.04 bits per heavy atom. The molecule has 2 aromatic carbocycles. The third kappa shape index (κ3) is 4.37.